The summed E-state index contributed by atoms with van der Waals surface area (Å²) in [5, 5.41) is 4.04. The van der Waals surface area contributed by atoms with Gasteiger partial charge in [0.2, 0.25) is 5.95 Å². The van der Waals surface area contributed by atoms with Crippen molar-refractivity contribution in [2.75, 3.05) is 5.73 Å². The summed E-state index contributed by atoms with van der Waals surface area (Å²) in [5.41, 5.74) is 11.1. The summed E-state index contributed by atoms with van der Waals surface area (Å²) < 4.78 is 1.52. The van der Waals surface area contributed by atoms with Crippen molar-refractivity contribution in [3.8, 4) is 0 Å². The highest BCUT2D eigenvalue weighted by molar-refractivity contribution is 5.16. The van der Waals surface area contributed by atoms with Crippen molar-refractivity contribution in [1.29, 1.82) is 0 Å². The Labute approximate surface area is 65.4 Å². The summed E-state index contributed by atoms with van der Waals surface area (Å²) >= 11 is 0. The number of hydrogen-bond donors (Lipinski definition) is 2. The first-order valence-corrected chi connectivity index (χ1v) is 3.57. The van der Waals surface area contributed by atoms with E-state index in [1.54, 1.807) is 7.05 Å². The lowest BCUT2D eigenvalue weighted by molar-refractivity contribution is 0.633. The Kier molecular flexibility index (Phi) is 2.09. The smallest absolute Gasteiger partial charge is 0.218 e. The van der Waals surface area contributed by atoms with Gasteiger partial charge in [-0.15, -0.1) is 0 Å². The summed E-state index contributed by atoms with van der Waals surface area (Å²) in [5.74, 6) is 1.02. The minimum absolute atomic E-state index is 0.0986. The Morgan fingerprint density at radius 1 is 1.64 bits per heavy atom. The molecular formula is C6H13N5. The predicted octanol–water partition coefficient (Wildman–Crippen LogP) is -0.193. The van der Waals surface area contributed by atoms with Gasteiger partial charge in [0, 0.05) is 7.05 Å². The molecule has 0 aromatic carbocycles. The molecule has 1 rings (SSSR count). The number of rotatable bonds is 2. The second-order valence-corrected chi connectivity index (χ2v) is 2.47. The van der Waals surface area contributed by atoms with Crippen molar-refractivity contribution in [3.63, 3.8) is 0 Å². The molecule has 1 heterocycles. The van der Waals surface area contributed by atoms with Crippen molar-refractivity contribution in [1.82, 2.24) is 14.8 Å². The summed E-state index contributed by atoms with van der Waals surface area (Å²) in [4.78, 5) is 3.99. The van der Waals surface area contributed by atoms with Gasteiger partial charge in [0.05, 0.1) is 6.04 Å². The Balaban J connectivity index is 2.88. The zero-order valence-electron chi connectivity index (χ0n) is 6.78. The number of nitrogen functional groups attached to an aromatic ring is 1. The molecule has 1 aromatic rings. The third kappa shape index (κ3) is 1.48. The van der Waals surface area contributed by atoms with E-state index in [1.165, 1.54) is 4.68 Å². The van der Waals surface area contributed by atoms with Crippen molar-refractivity contribution >= 4 is 5.95 Å². The first kappa shape index (κ1) is 8.00. The highest BCUT2D eigenvalue weighted by atomic mass is 15.4. The maximum Gasteiger partial charge on any atom is 0.218 e. The van der Waals surface area contributed by atoms with E-state index in [2.05, 4.69) is 10.1 Å². The van der Waals surface area contributed by atoms with Crippen LogP contribution in [0.5, 0.6) is 0 Å². The Morgan fingerprint density at radius 3 is 2.64 bits per heavy atom. The van der Waals surface area contributed by atoms with E-state index < -0.39 is 0 Å². The first-order valence-electron chi connectivity index (χ1n) is 3.57. The van der Waals surface area contributed by atoms with E-state index in [9.17, 15) is 0 Å². The zero-order valence-corrected chi connectivity index (χ0v) is 6.78. The average molecular weight is 155 g/mol. The fraction of sp³-hybridized carbons (Fsp3) is 0.667. The summed E-state index contributed by atoms with van der Waals surface area (Å²) in [6.45, 7) is 1.98. The third-order valence-corrected chi connectivity index (χ3v) is 1.58. The van der Waals surface area contributed by atoms with Crippen LogP contribution in [-0.4, -0.2) is 14.8 Å². The monoisotopic (exact) mass is 155 g/mol. The van der Waals surface area contributed by atoms with E-state index >= 15 is 0 Å². The molecule has 0 radical (unpaired) electrons. The van der Waals surface area contributed by atoms with E-state index in [0.717, 1.165) is 6.42 Å². The molecule has 1 aromatic heterocycles. The van der Waals surface area contributed by atoms with Crippen LogP contribution in [-0.2, 0) is 7.05 Å². The molecule has 5 heteroatoms. The molecule has 4 N–H and O–H groups in total. The van der Waals surface area contributed by atoms with Crippen LogP contribution < -0.4 is 11.5 Å². The Hall–Kier alpha value is -1.10. The minimum atomic E-state index is -0.0986. The second kappa shape index (κ2) is 2.87. The molecular weight excluding hydrogens is 142 g/mol. The van der Waals surface area contributed by atoms with Crippen LogP contribution in [0.15, 0.2) is 0 Å². The minimum Gasteiger partial charge on any atom is -0.368 e. The average Bonchev–Trinajstić information content (AvgIpc) is 2.31. The molecule has 11 heavy (non-hydrogen) atoms. The fourth-order valence-corrected chi connectivity index (χ4v) is 0.757. The lowest BCUT2D eigenvalue weighted by Gasteiger charge is -2.00. The van der Waals surface area contributed by atoms with Crippen LogP contribution in [0.2, 0.25) is 0 Å². The molecule has 0 saturated heterocycles. The van der Waals surface area contributed by atoms with Gasteiger partial charge in [-0.25, -0.2) is 4.68 Å². The van der Waals surface area contributed by atoms with Crippen LogP contribution in [0, 0.1) is 0 Å². The van der Waals surface area contributed by atoms with Gasteiger partial charge in [-0.1, -0.05) is 6.92 Å². The van der Waals surface area contributed by atoms with Gasteiger partial charge in [0.1, 0.15) is 0 Å². The molecule has 0 unspecified atom stereocenters. The van der Waals surface area contributed by atoms with Crippen LogP contribution in [0.3, 0.4) is 0 Å². The molecule has 0 spiro atoms. The van der Waals surface area contributed by atoms with Gasteiger partial charge in [0.15, 0.2) is 5.82 Å². The van der Waals surface area contributed by atoms with Crippen LogP contribution in [0.4, 0.5) is 5.95 Å². The highest BCUT2D eigenvalue weighted by Crippen LogP contribution is 2.09. The highest BCUT2D eigenvalue weighted by Gasteiger charge is 2.09. The van der Waals surface area contributed by atoms with Gasteiger partial charge in [-0.2, -0.15) is 10.1 Å². The van der Waals surface area contributed by atoms with Crippen molar-refractivity contribution in [2.45, 2.75) is 19.4 Å². The molecule has 1 atom stereocenters. The third-order valence-electron chi connectivity index (χ3n) is 1.58. The summed E-state index contributed by atoms with van der Waals surface area (Å²) in [7, 11) is 1.74. The normalized spacial score (nSPS) is 13.4. The predicted molar refractivity (Wildman–Crippen MR) is 42.6 cm³/mol. The number of anilines is 1. The number of nitrogens with zero attached hydrogens (tertiary/aromatic N) is 3. The number of nitrogens with two attached hydrogens (primary N) is 2. The van der Waals surface area contributed by atoms with Gasteiger partial charge >= 0.3 is 0 Å². The largest absolute Gasteiger partial charge is 0.368 e. The molecule has 0 saturated carbocycles. The molecule has 0 aliphatic rings. The molecule has 0 fully saturated rings. The summed E-state index contributed by atoms with van der Waals surface area (Å²) in [6, 6.07) is -0.0986. The standard InChI is InChI=1S/C6H13N5/c1-3-4(7)5-9-6(8)11(2)10-5/h4H,3,7H2,1-2H3,(H2,8,9,10)/t4-/m1/s1. The van der Waals surface area contributed by atoms with Crippen LogP contribution in [0.1, 0.15) is 25.2 Å². The van der Waals surface area contributed by atoms with Gasteiger partial charge in [0.25, 0.3) is 0 Å². The van der Waals surface area contributed by atoms with Crippen molar-refractivity contribution in [3.05, 3.63) is 5.82 Å². The molecule has 0 aliphatic heterocycles. The lowest BCUT2D eigenvalue weighted by Crippen LogP contribution is -2.10. The molecule has 5 nitrogen and oxygen atoms in total. The Bertz CT molecular complexity index is 222. The van der Waals surface area contributed by atoms with Gasteiger partial charge in [-0.05, 0) is 6.42 Å². The van der Waals surface area contributed by atoms with E-state index in [1.807, 2.05) is 6.92 Å². The number of aryl methyl sites for hydroxylation is 1. The molecule has 0 amide bonds. The molecule has 0 aliphatic carbocycles. The van der Waals surface area contributed by atoms with E-state index in [0.29, 0.717) is 11.8 Å². The van der Waals surface area contributed by atoms with Crippen LogP contribution >= 0.6 is 0 Å². The maximum absolute atomic E-state index is 5.68. The lowest BCUT2D eigenvalue weighted by atomic mass is 10.2. The quantitative estimate of drug-likeness (QED) is 0.620. The zero-order chi connectivity index (χ0) is 8.43. The maximum atomic E-state index is 5.68. The SMILES string of the molecule is CC[C@@H](N)c1nc(N)n(C)n1. The topological polar surface area (TPSA) is 82.7 Å². The molecule has 0 bridgehead atoms. The number of hydrogen-bond acceptors (Lipinski definition) is 4. The molecule has 62 valence electrons. The van der Waals surface area contributed by atoms with E-state index in [-0.39, 0.29) is 6.04 Å². The number of aromatic nitrogens is 3. The van der Waals surface area contributed by atoms with Gasteiger partial charge in [-0.3, -0.25) is 0 Å². The second-order valence-electron chi connectivity index (χ2n) is 2.47. The van der Waals surface area contributed by atoms with Gasteiger partial charge < -0.3 is 11.5 Å². The fourth-order valence-electron chi connectivity index (χ4n) is 0.757. The summed E-state index contributed by atoms with van der Waals surface area (Å²) in [6.07, 6.45) is 0.823. The van der Waals surface area contributed by atoms with Crippen molar-refractivity contribution in [2.24, 2.45) is 12.8 Å². The van der Waals surface area contributed by atoms with Crippen molar-refractivity contribution < 1.29 is 0 Å². The Morgan fingerprint density at radius 2 is 2.27 bits per heavy atom. The first-order chi connectivity index (χ1) is 5.15. The van der Waals surface area contributed by atoms with Crippen LogP contribution in [0.25, 0.3) is 0 Å². The van der Waals surface area contributed by atoms with E-state index in [4.69, 9.17) is 11.5 Å².